The standard InChI is InChI=1S/C34H47ClN10O5.ClH/c1-23-16-36-21-34(3,50-23)27-6-8-28(9-7-27)45-20-30(32(41-45)48-14-13-47-12-11-46-4)40-33-37-17-26(18-38-33)25-5-10-29(35)31(15-25)49-24(2)19-44-22-39-42-43-44;/h5,10,15,17-18,20,22-24,27-28,36H,6-9,11-14,16,19,21H2,1-4H3,(H,37,38,40);1H/t23-,24?,27?,28?,34-;/m1./s1. The van der Waals surface area contributed by atoms with E-state index in [1.165, 1.54) is 0 Å². The lowest BCUT2D eigenvalue weighted by atomic mass is 9.75. The van der Waals surface area contributed by atoms with E-state index in [0.29, 0.717) is 67.2 Å². The van der Waals surface area contributed by atoms with Crippen LogP contribution in [0.15, 0.2) is 43.1 Å². The zero-order valence-electron chi connectivity index (χ0n) is 29.5. The number of hydrogen-bond donors (Lipinski definition) is 2. The molecule has 3 atom stereocenters. The van der Waals surface area contributed by atoms with Crippen molar-refractivity contribution in [2.45, 2.75) is 76.9 Å². The van der Waals surface area contributed by atoms with Crippen molar-refractivity contribution >= 4 is 35.6 Å². The molecule has 6 rings (SSSR count). The molecule has 1 saturated heterocycles. The monoisotopic (exact) mass is 746 g/mol. The third-order valence-electron chi connectivity index (χ3n) is 9.24. The van der Waals surface area contributed by atoms with Crippen LogP contribution >= 0.6 is 24.0 Å². The van der Waals surface area contributed by atoms with Gasteiger partial charge in [0.2, 0.25) is 5.95 Å². The number of ether oxygens (including phenoxy) is 5. The molecule has 17 heteroatoms. The van der Waals surface area contributed by atoms with E-state index in [9.17, 15) is 0 Å². The highest BCUT2D eigenvalue weighted by atomic mass is 35.5. The van der Waals surface area contributed by atoms with Gasteiger partial charge in [-0.1, -0.05) is 17.7 Å². The maximum Gasteiger partial charge on any atom is 0.257 e. The Morgan fingerprint density at radius 3 is 2.61 bits per heavy atom. The summed E-state index contributed by atoms with van der Waals surface area (Å²) < 4.78 is 32.9. The molecule has 2 aliphatic rings. The summed E-state index contributed by atoms with van der Waals surface area (Å²) in [6.45, 7) is 10.4. The molecule has 3 aromatic heterocycles. The van der Waals surface area contributed by atoms with Gasteiger partial charge >= 0.3 is 0 Å². The highest BCUT2D eigenvalue weighted by Gasteiger charge is 2.41. The van der Waals surface area contributed by atoms with E-state index >= 15 is 0 Å². The van der Waals surface area contributed by atoms with Crippen LogP contribution in [0.3, 0.4) is 0 Å². The third-order valence-corrected chi connectivity index (χ3v) is 9.55. The Hall–Kier alpha value is -3.60. The summed E-state index contributed by atoms with van der Waals surface area (Å²) in [5.41, 5.74) is 2.22. The number of morpholine rings is 1. The van der Waals surface area contributed by atoms with E-state index in [1.54, 1.807) is 36.6 Å². The number of rotatable bonds is 16. The number of hydrogen-bond acceptors (Lipinski definition) is 13. The fourth-order valence-corrected chi connectivity index (χ4v) is 6.83. The van der Waals surface area contributed by atoms with Crippen molar-refractivity contribution in [1.82, 2.24) is 45.3 Å². The predicted octanol–water partition coefficient (Wildman–Crippen LogP) is 5.15. The summed E-state index contributed by atoms with van der Waals surface area (Å²) in [5, 5.41) is 23.5. The summed E-state index contributed by atoms with van der Waals surface area (Å²) in [5.74, 6) is 1.94. The van der Waals surface area contributed by atoms with Crippen molar-refractivity contribution in [1.29, 1.82) is 0 Å². The lowest BCUT2D eigenvalue weighted by molar-refractivity contribution is -0.138. The average molecular weight is 748 g/mol. The molecule has 0 amide bonds. The molecule has 1 aliphatic heterocycles. The molecular formula is C34H48Cl2N10O5. The van der Waals surface area contributed by atoms with Crippen LogP contribution in [0.5, 0.6) is 11.6 Å². The zero-order chi connectivity index (χ0) is 34.9. The summed E-state index contributed by atoms with van der Waals surface area (Å²) in [6, 6.07) is 5.83. The summed E-state index contributed by atoms with van der Waals surface area (Å²) in [4.78, 5) is 9.22. The van der Waals surface area contributed by atoms with Crippen LogP contribution in [0.1, 0.15) is 52.5 Å². The van der Waals surface area contributed by atoms with Crippen molar-refractivity contribution in [2.75, 3.05) is 51.9 Å². The molecular weight excluding hydrogens is 699 g/mol. The number of anilines is 2. The molecule has 1 aromatic carbocycles. The van der Waals surface area contributed by atoms with Crippen LogP contribution in [0.25, 0.3) is 11.1 Å². The molecule has 4 aromatic rings. The highest BCUT2D eigenvalue weighted by Crippen LogP contribution is 2.41. The number of halogens is 2. The minimum absolute atomic E-state index is 0. The van der Waals surface area contributed by atoms with Gasteiger partial charge in [-0.05, 0) is 80.5 Å². The molecule has 278 valence electrons. The van der Waals surface area contributed by atoms with Crippen LogP contribution in [-0.4, -0.2) is 104 Å². The Kier molecular flexibility index (Phi) is 13.8. The van der Waals surface area contributed by atoms with E-state index < -0.39 is 0 Å². The van der Waals surface area contributed by atoms with Gasteiger partial charge in [0.15, 0.2) is 0 Å². The van der Waals surface area contributed by atoms with Gasteiger partial charge in [0.1, 0.15) is 30.5 Å². The number of nitrogens with zero attached hydrogens (tertiary/aromatic N) is 8. The lowest BCUT2D eigenvalue weighted by Crippen LogP contribution is -2.55. The van der Waals surface area contributed by atoms with Gasteiger partial charge in [-0.15, -0.1) is 22.6 Å². The van der Waals surface area contributed by atoms with Crippen molar-refractivity contribution in [2.24, 2.45) is 5.92 Å². The molecule has 51 heavy (non-hydrogen) atoms. The van der Waals surface area contributed by atoms with Crippen molar-refractivity contribution in [3.05, 3.63) is 48.1 Å². The van der Waals surface area contributed by atoms with Gasteiger partial charge in [-0.2, -0.15) is 0 Å². The molecule has 1 saturated carbocycles. The van der Waals surface area contributed by atoms with E-state index in [2.05, 4.69) is 50.0 Å². The van der Waals surface area contributed by atoms with Gasteiger partial charge in [-0.3, -0.25) is 4.68 Å². The van der Waals surface area contributed by atoms with Crippen LogP contribution < -0.4 is 20.1 Å². The summed E-state index contributed by atoms with van der Waals surface area (Å²) >= 11 is 6.47. The second kappa shape index (κ2) is 18.2. The van der Waals surface area contributed by atoms with Gasteiger partial charge in [-0.25, -0.2) is 14.6 Å². The fourth-order valence-electron chi connectivity index (χ4n) is 6.67. The maximum atomic E-state index is 6.47. The SMILES string of the molecule is COCCOCCOc1nn(C2CCC([C@@]3(C)CNC[C@@H](C)O3)CC2)cc1Nc1ncc(-c2ccc(Cl)c(OC(C)Cn3cnnn3)c2)cn1.Cl. The Balaban J connectivity index is 0.00000504. The first-order valence-electron chi connectivity index (χ1n) is 17.2. The minimum Gasteiger partial charge on any atom is -0.487 e. The second-order valence-electron chi connectivity index (χ2n) is 13.2. The van der Waals surface area contributed by atoms with Crippen molar-refractivity contribution in [3.63, 3.8) is 0 Å². The first kappa shape index (κ1) is 38.6. The predicted molar refractivity (Wildman–Crippen MR) is 194 cm³/mol. The smallest absolute Gasteiger partial charge is 0.257 e. The normalized spacial score (nSPS) is 22.6. The summed E-state index contributed by atoms with van der Waals surface area (Å²) in [7, 11) is 1.65. The van der Waals surface area contributed by atoms with Crippen LogP contribution in [0.2, 0.25) is 5.02 Å². The maximum absolute atomic E-state index is 6.47. The molecule has 0 radical (unpaired) electrons. The van der Waals surface area contributed by atoms with Crippen LogP contribution in [0.4, 0.5) is 11.6 Å². The first-order chi connectivity index (χ1) is 24.3. The van der Waals surface area contributed by atoms with Gasteiger partial charge < -0.3 is 34.3 Å². The van der Waals surface area contributed by atoms with E-state index in [-0.39, 0.29) is 36.3 Å². The Labute approximate surface area is 309 Å². The summed E-state index contributed by atoms with van der Waals surface area (Å²) in [6.07, 6.45) is 11.2. The zero-order valence-corrected chi connectivity index (χ0v) is 31.1. The Morgan fingerprint density at radius 1 is 1.10 bits per heavy atom. The van der Waals surface area contributed by atoms with Crippen LogP contribution in [0, 0.1) is 5.92 Å². The third kappa shape index (κ3) is 10.3. The quantitative estimate of drug-likeness (QED) is 0.145. The topological polar surface area (TPSA) is 157 Å². The van der Waals surface area contributed by atoms with E-state index in [1.807, 2.05) is 29.9 Å². The van der Waals surface area contributed by atoms with Gasteiger partial charge in [0, 0.05) is 38.2 Å². The molecule has 4 heterocycles. The molecule has 15 nitrogen and oxygen atoms in total. The van der Waals surface area contributed by atoms with Gasteiger partial charge in [0.05, 0.1) is 55.3 Å². The molecule has 2 N–H and O–H groups in total. The average Bonchev–Trinajstić information content (AvgIpc) is 3.77. The lowest BCUT2D eigenvalue weighted by Gasteiger charge is -2.46. The molecule has 0 bridgehead atoms. The fraction of sp³-hybridized carbons (Fsp3) is 0.588. The first-order valence-corrected chi connectivity index (χ1v) is 17.6. The Bertz CT molecular complexity index is 1640. The Morgan fingerprint density at radius 2 is 1.88 bits per heavy atom. The second-order valence-corrected chi connectivity index (χ2v) is 13.6. The molecule has 2 fully saturated rings. The van der Waals surface area contributed by atoms with Crippen molar-refractivity contribution < 1.29 is 23.7 Å². The molecule has 0 spiro atoms. The number of aromatic nitrogens is 8. The highest BCUT2D eigenvalue weighted by molar-refractivity contribution is 6.32. The van der Waals surface area contributed by atoms with Crippen molar-refractivity contribution in [3.8, 4) is 22.8 Å². The minimum atomic E-state index is -0.214. The van der Waals surface area contributed by atoms with Gasteiger partial charge in [0.25, 0.3) is 5.88 Å². The van der Waals surface area contributed by atoms with E-state index in [4.69, 9.17) is 40.4 Å². The number of tetrazole rings is 1. The van der Waals surface area contributed by atoms with E-state index in [0.717, 1.165) is 49.9 Å². The molecule has 1 aliphatic carbocycles. The number of methoxy groups -OCH3 is 1. The number of benzene rings is 1. The molecule has 1 unspecified atom stereocenters. The largest absolute Gasteiger partial charge is 0.487 e. The van der Waals surface area contributed by atoms with Crippen LogP contribution in [-0.2, 0) is 20.8 Å². The number of nitrogens with one attached hydrogen (secondary N) is 2.